The van der Waals surface area contributed by atoms with Crippen LogP contribution in [-0.4, -0.2) is 49.7 Å². The Labute approximate surface area is 136 Å². The first-order valence-electron chi connectivity index (χ1n) is 7.90. The van der Waals surface area contributed by atoms with Gasteiger partial charge in [-0.25, -0.2) is 0 Å². The molecule has 124 valence electrons. The highest BCUT2D eigenvalue weighted by atomic mass is 32.1. The van der Waals surface area contributed by atoms with E-state index in [1.807, 2.05) is 13.8 Å². The van der Waals surface area contributed by atoms with Crippen LogP contribution >= 0.6 is 11.3 Å². The van der Waals surface area contributed by atoms with Crippen LogP contribution in [0.25, 0.3) is 0 Å². The van der Waals surface area contributed by atoms with E-state index in [0.717, 1.165) is 26.3 Å². The summed E-state index contributed by atoms with van der Waals surface area (Å²) in [6, 6.07) is 4.05. The number of aryl methyl sites for hydroxylation is 1. The zero-order valence-corrected chi connectivity index (χ0v) is 14.5. The number of morpholine rings is 1. The predicted octanol–water partition coefficient (Wildman–Crippen LogP) is 1.53. The standard InChI is InChI=1S/C16H27N3O2S/c1-11(2)15(17)16(20)18-10-13(14-5-4-12(3)22-14)19-6-8-21-9-7-19/h4-5,11,13,15H,6-10,17H2,1-3H3,(H,18,20)/t13?,15-/m0/s1. The van der Waals surface area contributed by atoms with Crippen molar-refractivity contribution in [2.75, 3.05) is 32.8 Å². The summed E-state index contributed by atoms with van der Waals surface area (Å²) < 4.78 is 5.44. The second kappa shape index (κ2) is 8.06. The lowest BCUT2D eigenvalue weighted by Gasteiger charge is -2.34. The number of carbonyl (C=O) groups excluding carboxylic acids is 1. The fraction of sp³-hybridized carbons (Fsp3) is 0.688. The Kier molecular flexibility index (Phi) is 6.37. The van der Waals surface area contributed by atoms with Crippen molar-refractivity contribution in [1.82, 2.24) is 10.2 Å². The Hall–Kier alpha value is -0.950. The van der Waals surface area contributed by atoms with Crippen molar-refractivity contribution in [3.8, 4) is 0 Å². The summed E-state index contributed by atoms with van der Waals surface area (Å²) >= 11 is 1.79. The van der Waals surface area contributed by atoms with Crippen LogP contribution in [0.15, 0.2) is 12.1 Å². The third-order valence-electron chi connectivity index (χ3n) is 4.07. The molecule has 3 N–H and O–H groups in total. The quantitative estimate of drug-likeness (QED) is 0.832. The largest absolute Gasteiger partial charge is 0.379 e. The second-order valence-corrected chi connectivity index (χ2v) is 7.45. The molecule has 22 heavy (non-hydrogen) atoms. The fourth-order valence-corrected chi connectivity index (χ4v) is 3.56. The van der Waals surface area contributed by atoms with Gasteiger partial charge in [-0.1, -0.05) is 13.8 Å². The smallest absolute Gasteiger partial charge is 0.237 e. The first-order valence-corrected chi connectivity index (χ1v) is 8.72. The fourth-order valence-electron chi connectivity index (χ4n) is 2.55. The molecule has 6 heteroatoms. The minimum absolute atomic E-state index is 0.0680. The van der Waals surface area contributed by atoms with E-state index in [9.17, 15) is 4.79 Å². The van der Waals surface area contributed by atoms with Gasteiger partial charge >= 0.3 is 0 Å². The Morgan fingerprint density at radius 1 is 1.41 bits per heavy atom. The monoisotopic (exact) mass is 325 g/mol. The summed E-state index contributed by atoms with van der Waals surface area (Å²) in [5.41, 5.74) is 5.92. The Morgan fingerprint density at radius 2 is 2.09 bits per heavy atom. The number of nitrogens with two attached hydrogens (primary N) is 1. The number of rotatable bonds is 6. The average Bonchev–Trinajstić information content (AvgIpc) is 2.93. The maximum absolute atomic E-state index is 12.1. The molecule has 1 unspecified atom stereocenters. The molecule has 0 radical (unpaired) electrons. The molecule has 2 heterocycles. The number of ether oxygens (including phenoxy) is 1. The molecule has 0 aliphatic carbocycles. The molecule has 0 aromatic carbocycles. The van der Waals surface area contributed by atoms with E-state index < -0.39 is 6.04 Å². The van der Waals surface area contributed by atoms with Crippen LogP contribution in [0.5, 0.6) is 0 Å². The molecule has 1 aliphatic rings. The van der Waals surface area contributed by atoms with Crippen molar-refractivity contribution in [1.29, 1.82) is 0 Å². The van der Waals surface area contributed by atoms with Gasteiger partial charge in [0, 0.05) is 29.4 Å². The molecule has 1 fully saturated rings. The van der Waals surface area contributed by atoms with Crippen LogP contribution in [0, 0.1) is 12.8 Å². The second-order valence-electron chi connectivity index (χ2n) is 6.13. The van der Waals surface area contributed by atoms with E-state index in [1.54, 1.807) is 11.3 Å². The molecule has 1 aliphatic heterocycles. The van der Waals surface area contributed by atoms with E-state index in [1.165, 1.54) is 9.75 Å². The Morgan fingerprint density at radius 3 is 2.64 bits per heavy atom. The summed E-state index contributed by atoms with van der Waals surface area (Å²) in [7, 11) is 0. The zero-order chi connectivity index (χ0) is 16.1. The predicted molar refractivity (Wildman–Crippen MR) is 90.0 cm³/mol. The maximum atomic E-state index is 12.1. The van der Waals surface area contributed by atoms with Gasteiger partial charge in [0.25, 0.3) is 0 Å². The van der Waals surface area contributed by atoms with Gasteiger partial charge in [-0.05, 0) is 25.0 Å². The molecule has 0 spiro atoms. The van der Waals surface area contributed by atoms with Gasteiger partial charge in [-0.15, -0.1) is 11.3 Å². The van der Waals surface area contributed by atoms with Crippen molar-refractivity contribution in [3.05, 3.63) is 21.9 Å². The van der Waals surface area contributed by atoms with Crippen LogP contribution in [0.4, 0.5) is 0 Å². The Bertz CT molecular complexity index is 483. The number of carbonyl (C=O) groups is 1. The van der Waals surface area contributed by atoms with E-state index >= 15 is 0 Å². The van der Waals surface area contributed by atoms with Crippen LogP contribution in [-0.2, 0) is 9.53 Å². The molecule has 1 saturated heterocycles. The molecule has 1 amide bonds. The highest BCUT2D eigenvalue weighted by molar-refractivity contribution is 7.12. The van der Waals surface area contributed by atoms with Crippen molar-refractivity contribution in [2.24, 2.45) is 11.7 Å². The van der Waals surface area contributed by atoms with Crippen LogP contribution in [0.1, 0.15) is 29.6 Å². The van der Waals surface area contributed by atoms with Gasteiger partial charge in [-0.2, -0.15) is 0 Å². The third kappa shape index (κ3) is 4.52. The first kappa shape index (κ1) is 17.4. The first-order chi connectivity index (χ1) is 10.5. The van der Waals surface area contributed by atoms with Crippen molar-refractivity contribution in [2.45, 2.75) is 32.9 Å². The molecule has 0 bridgehead atoms. The number of hydrogen-bond donors (Lipinski definition) is 2. The number of hydrogen-bond acceptors (Lipinski definition) is 5. The SMILES string of the molecule is Cc1ccc(C(CNC(=O)[C@@H](N)C(C)C)N2CCOCC2)s1. The third-order valence-corrected chi connectivity index (χ3v) is 5.17. The number of nitrogens with one attached hydrogen (secondary N) is 1. The summed E-state index contributed by atoms with van der Waals surface area (Å²) in [6.07, 6.45) is 0. The van der Waals surface area contributed by atoms with Crippen LogP contribution in [0.3, 0.4) is 0 Å². The highest BCUT2D eigenvalue weighted by Gasteiger charge is 2.25. The summed E-state index contributed by atoms with van der Waals surface area (Å²) in [4.78, 5) is 17.1. The summed E-state index contributed by atoms with van der Waals surface area (Å²) in [5, 5.41) is 3.03. The van der Waals surface area contributed by atoms with E-state index in [0.29, 0.717) is 6.54 Å². The lowest BCUT2D eigenvalue weighted by atomic mass is 10.0. The number of thiophene rings is 1. The maximum Gasteiger partial charge on any atom is 0.237 e. The van der Waals surface area contributed by atoms with Gasteiger partial charge in [0.1, 0.15) is 0 Å². The number of nitrogens with zero attached hydrogens (tertiary/aromatic N) is 1. The van der Waals surface area contributed by atoms with Gasteiger partial charge < -0.3 is 15.8 Å². The van der Waals surface area contributed by atoms with Crippen LogP contribution in [0.2, 0.25) is 0 Å². The molecule has 0 saturated carbocycles. The molecule has 1 aromatic rings. The summed E-state index contributed by atoms with van der Waals surface area (Å²) in [5.74, 6) is 0.0763. The minimum atomic E-state index is -0.449. The Balaban J connectivity index is 2.03. The normalized spacial score (nSPS) is 19.1. The molecular formula is C16H27N3O2S. The molecule has 2 rings (SSSR count). The van der Waals surface area contributed by atoms with Gasteiger partial charge in [0.05, 0.1) is 25.3 Å². The van der Waals surface area contributed by atoms with Crippen molar-refractivity contribution < 1.29 is 9.53 Å². The highest BCUT2D eigenvalue weighted by Crippen LogP contribution is 2.27. The lowest BCUT2D eigenvalue weighted by molar-refractivity contribution is -0.123. The average molecular weight is 325 g/mol. The zero-order valence-electron chi connectivity index (χ0n) is 13.7. The molecule has 5 nitrogen and oxygen atoms in total. The van der Waals surface area contributed by atoms with Crippen LogP contribution < -0.4 is 11.1 Å². The molecule has 1 aromatic heterocycles. The summed E-state index contributed by atoms with van der Waals surface area (Å²) in [6.45, 7) is 9.93. The topological polar surface area (TPSA) is 67.6 Å². The van der Waals surface area contributed by atoms with Gasteiger partial charge in [-0.3, -0.25) is 9.69 Å². The van der Waals surface area contributed by atoms with Gasteiger partial charge in [0.2, 0.25) is 5.91 Å². The van der Waals surface area contributed by atoms with Crippen molar-refractivity contribution >= 4 is 17.2 Å². The van der Waals surface area contributed by atoms with E-state index in [4.69, 9.17) is 10.5 Å². The lowest BCUT2D eigenvalue weighted by Crippen LogP contribution is -2.48. The van der Waals surface area contributed by atoms with E-state index in [2.05, 4.69) is 29.3 Å². The van der Waals surface area contributed by atoms with Gasteiger partial charge in [0.15, 0.2) is 0 Å². The molecule has 2 atom stereocenters. The van der Waals surface area contributed by atoms with E-state index in [-0.39, 0.29) is 17.9 Å². The molecular weight excluding hydrogens is 298 g/mol. The minimum Gasteiger partial charge on any atom is -0.379 e. The van der Waals surface area contributed by atoms with Crippen molar-refractivity contribution in [3.63, 3.8) is 0 Å². The number of amides is 1.